The molecule has 1 amide bonds. The Balaban J connectivity index is 2.56. The highest BCUT2D eigenvalue weighted by molar-refractivity contribution is 5.92. The third-order valence-corrected chi connectivity index (χ3v) is 3.31. The highest BCUT2D eigenvalue weighted by Gasteiger charge is 2.15. The van der Waals surface area contributed by atoms with E-state index >= 15 is 0 Å². The van der Waals surface area contributed by atoms with Crippen LogP contribution in [0.25, 0.3) is 0 Å². The van der Waals surface area contributed by atoms with Gasteiger partial charge in [-0.15, -0.1) is 0 Å². The number of anilines is 2. The van der Waals surface area contributed by atoms with Gasteiger partial charge in [0, 0.05) is 31.1 Å². The number of ether oxygens (including phenoxy) is 1. The van der Waals surface area contributed by atoms with Gasteiger partial charge in [0.25, 0.3) is 0 Å². The van der Waals surface area contributed by atoms with E-state index in [1.165, 1.54) is 0 Å². The number of nitrogen functional groups attached to an aromatic ring is 1. The molecule has 1 aromatic carbocycles. The predicted molar refractivity (Wildman–Crippen MR) is 82.7 cm³/mol. The lowest BCUT2D eigenvalue weighted by atomic mass is 10.2. The first-order valence-corrected chi connectivity index (χ1v) is 6.95. The Bertz CT molecular complexity index is 423. The lowest BCUT2D eigenvalue weighted by molar-refractivity contribution is -0.118. The summed E-state index contributed by atoms with van der Waals surface area (Å²) in [5, 5.41) is 2.87. The van der Waals surface area contributed by atoms with Crippen LogP contribution in [0, 0.1) is 0 Å². The summed E-state index contributed by atoms with van der Waals surface area (Å²) in [6, 6.07) is 7.54. The maximum Gasteiger partial charge on any atom is 0.238 e. The van der Waals surface area contributed by atoms with Crippen molar-refractivity contribution in [3.05, 3.63) is 24.3 Å². The Morgan fingerprint density at radius 3 is 2.85 bits per heavy atom. The van der Waals surface area contributed by atoms with Crippen LogP contribution in [0.3, 0.4) is 0 Å². The molecule has 1 atom stereocenters. The van der Waals surface area contributed by atoms with Crippen LogP contribution in [0.4, 0.5) is 11.4 Å². The first kappa shape index (κ1) is 16.5. The predicted octanol–water partition coefficient (Wildman–Crippen LogP) is 1.95. The summed E-state index contributed by atoms with van der Waals surface area (Å²) in [4.78, 5) is 14.2. The molecule has 0 radical (unpaired) electrons. The average Bonchev–Trinajstić information content (AvgIpc) is 2.42. The zero-order chi connectivity index (χ0) is 15.0. The monoisotopic (exact) mass is 279 g/mol. The van der Waals surface area contributed by atoms with Gasteiger partial charge in [0.05, 0.1) is 13.2 Å². The summed E-state index contributed by atoms with van der Waals surface area (Å²) in [6.07, 6.45) is 0.995. The molecule has 0 heterocycles. The van der Waals surface area contributed by atoms with Crippen molar-refractivity contribution in [2.75, 3.05) is 37.9 Å². The fraction of sp³-hybridized carbons (Fsp3) is 0.533. The molecule has 1 rings (SSSR count). The fourth-order valence-corrected chi connectivity index (χ4v) is 1.92. The Kier molecular flexibility index (Phi) is 7.04. The summed E-state index contributed by atoms with van der Waals surface area (Å²) < 4.78 is 5.09. The first-order valence-electron chi connectivity index (χ1n) is 6.95. The summed E-state index contributed by atoms with van der Waals surface area (Å²) >= 11 is 0. The van der Waals surface area contributed by atoms with E-state index in [1.807, 2.05) is 12.1 Å². The molecule has 20 heavy (non-hydrogen) atoms. The molecular weight excluding hydrogens is 254 g/mol. The van der Waals surface area contributed by atoms with Crippen LogP contribution in [0.15, 0.2) is 24.3 Å². The molecule has 5 nitrogen and oxygen atoms in total. The molecule has 1 aromatic rings. The zero-order valence-electron chi connectivity index (χ0n) is 12.6. The number of carbonyl (C=O) groups excluding carboxylic acids is 1. The molecule has 0 aliphatic heterocycles. The second-order valence-corrected chi connectivity index (χ2v) is 4.89. The second-order valence-electron chi connectivity index (χ2n) is 4.89. The number of nitrogens with zero attached hydrogens (tertiary/aromatic N) is 1. The van der Waals surface area contributed by atoms with Gasteiger partial charge in [0.1, 0.15) is 0 Å². The Morgan fingerprint density at radius 2 is 2.25 bits per heavy atom. The highest BCUT2D eigenvalue weighted by Crippen LogP contribution is 2.12. The molecule has 0 fully saturated rings. The number of nitrogens with one attached hydrogen (secondary N) is 1. The molecule has 3 N–H and O–H groups in total. The number of hydrogen-bond donors (Lipinski definition) is 2. The first-order chi connectivity index (χ1) is 9.56. The number of hydrogen-bond acceptors (Lipinski definition) is 4. The van der Waals surface area contributed by atoms with Crippen LogP contribution >= 0.6 is 0 Å². The SMILES string of the molecule is CCC(C)N(CCOC)CC(=O)Nc1cccc(N)c1. The van der Waals surface area contributed by atoms with Crippen molar-refractivity contribution in [2.45, 2.75) is 26.3 Å². The second kappa shape index (κ2) is 8.55. The maximum absolute atomic E-state index is 12.1. The van der Waals surface area contributed by atoms with Crippen LogP contribution < -0.4 is 11.1 Å². The van der Waals surface area contributed by atoms with Gasteiger partial charge in [0.2, 0.25) is 5.91 Å². The van der Waals surface area contributed by atoms with E-state index in [4.69, 9.17) is 10.5 Å². The van der Waals surface area contributed by atoms with E-state index in [-0.39, 0.29) is 5.91 Å². The van der Waals surface area contributed by atoms with Gasteiger partial charge in [-0.25, -0.2) is 0 Å². The van der Waals surface area contributed by atoms with E-state index in [2.05, 4.69) is 24.1 Å². The summed E-state index contributed by atoms with van der Waals surface area (Å²) in [7, 11) is 1.67. The van der Waals surface area contributed by atoms with E-state index in [9.17, 15) is 4.79 Å². The van der Waals surface area contributed by atoms with Gasteiger partial charge < -0.3 is 15.8 Å². The molecule has 0 aromatic heterocycles. The Morgan fingerprint density at radius 1 is 1.50 bits per heavy atom. The Hall–Kier alpha value is -1.59. The van der Waals surface area contributed by atoms with Gasteiger partial charge in [-0.3, -0.25) is 9.69 Å². The van der Waals surface area contributed by atoms with E-state index in [1.54, 1.807) is 19.2 Å². The normalized spacial score (nSPS) is 12.4. The van der Waals surface area contributed by atoms with Crippen molar-refractivity contribution in [3.63, 3.8) is 0 Å². The lowest BCUT2D eigenvalue weighted by Crippen LogP contribution is -2.41. The number of nitrogens with two attached hydrogens (primary N) is 1. The van der Waals surface area contributed by atoms with E-state index in [0.717, 1.165) is 18.7 Å². The molecule has 0 bridgehead atoms. The number of rotatable bonds is 8. The molecule has 0 aliphatic rings. The fourth-order valence-electron chi connectivity index (χ4n) is 1.92. The topological polar surface area (TPSA) is 67.6 Å². The molecule has 0 saturated carbocycles. The minimum Gasteiger partial charge on any atom is -0.399 e. The average molecular weight is 279 g/mol. The lowest BCUT2D eigenvalue weighted by Gasteiger charge is -2.27. The third kappa shape index (κ3) is 5.59. The minimum atomic E-state index is -0.0352. The van der Waals surface area contributed by atoms with E-state index in [0.29, 0.717) is 24.9 Å². The van der Waals surface area contributed by atoms with Crippen molar-refractivity contribution in [2.24, 2.45) is 0 Å². The van der Waals surface area contributed by atoms with Crippen molar-refractivity contribution >= 4 is 17.3 Å². The van der Waals surface area contributed by atoms with Crippen LogP contribution in [0.1, 0.15) is 20.3 Å². The number of carbonyl (C=O) groups is 1. The maximum atomic E-state index is 12.1. The van der Waals surface area contributed by atoms with Gasteiger partial charge in [0.15, 0.2) is 0 Å². The molecule has 0 spiro atoms. The van der Waals surface area contributed by atoms with E-state index < -0.39 is 0 Å². The standard InChI is InChI=1S/C15H25N3O2/c1-4-12(2)18(8-9-20-3)11-15(19)17-14-7-5-6-13(16)10-14/h5-7,10,12H,4,8-9,11,16H2,1-3H3,(H,17,19). The van der Waals surface area contributed by atoms with Gasteiger partial charge >= 0.3 is 0 Å². The third-order valence-electron chi connectivity index (χ3n) is 3.31. The van der Waals surface area contributed by atoms with Crippen LogP contribution in [-0.2, 0) is 9.53 Å². The van der Waals surface area contributed by atoms with Crippen LogP contribution in [0.2, 0.25) is 0 Å². The number of methoxy groups -OCH3 is 1. The summed E-state index contributed by atoms with van der Waals surface area (Å²) in [5.41, 5.74) is 7.06. The number of amides is 1. The number of benzene rings is 1. The quantitative estimate of drug-likeness (QED) is 0.714. The minimum absolute atomic E-state index is 0.0352. The summed E-state index contributed by atoms with van der Waals surface area (Å²) in [5.74, 6) is -0.0352. The van der Waals surface area contributed by atoms with Crippen molar-refractivity contribution in [1.29, 1.82) is 0 Å². The van der Waals surface area contributed by atoms with Crippen LogP contribution in [-0.4, -0.2) is 43.7 Å². The zero-order valence-corrected chi connectivity index (χ0v) is 12.6. The largest absolute Gasteiger partial charge is 0.399 e. The van der Waals surface area contributed by atoms with Gasteiger partial charge in [-0.1, -0.05) is 13.0 Å². The highest BCUT2D eigenvalue weighted by atomic mass is 16.5. The van der Waals surface area contributed by atoms with Crippen molar-refractivity contribution in [1.82, 2.24) is 4.90 Å². The van der Waals surface area contributed by atoms with Crippen molar-refractivity contribution in [3.8, 4) is 0 Å². The molecular formula is C15H25N3O2. The van der Waals surface area contributed by atoms with Crippen molar-refractivity contribution < 1.29 is 9.53 Å². The molecule has 112 valence electrons. The molecule has 0 saturated heterocycles. The molecule has 5 heteroatoms. The molecule has 0 aliphatic carbocycles. The molecule has 1 unspecified atom stereocenters. The smallest absolute Gasteiger partial charge is 0.238 e. The van der Waals surface area contributed by atoms with Gasteiger partial charge in [-0.2, -0.15) is 0 Å². The summed E-state index contributed by atoms with van der Waals surface area (Å²) in [6.45, 7) is 5.95. The Labute approximate surface area is 121 Å². The van der Waals surface area contributed by atoms with Gasteiger partial charge in [-0.05, 0) is 31.5 Å². The van der Waals surface area contributed by atoms with Crippen LogP contribution in [0.5, 0.6) is 0 Å².